The van der Waals surface area contributed by atoms with Crippen LogP contribution in [-0.4, -0.2) is 41.3 Å². The Bertz CT molecular complexity index is 106. The van der Waals surface area contributed by atoms with E-state index in [9.17, 15) is 5.11 Å². The maximum absolute atomic E-state index is 9.25. The number of nitrogens with two attached hydrogens (primary N) is 1. The van der Waals surface area contributed by atoms with Gasteiger partial charge in [0.25, 0.3) is 0 Å². The summed E-state index contributed by atoms with van der Waals surface area (Å²) in [6.07, 6.45) is -0.317. The predicted molar refractivity (Wildman–Crippen MR) is 40.7 cm³/mol. The second kappa shape index (κ2) is 2.86. The number of β-amino-alcohol motifs (C(OH)–C–C–N with tert-alkyl or cyclic N) is 1. The molecule has 3 nitrogen and oxygen atoms in total. The van der Waals surface area contributed by atoms with Crippen molar-refractivity contribution in [2.75, 3.05) is 13.1 Å². The Hall–Kier alpha value is -0.120. The third-order valence-electron chi connectivity index (χ3n) is 2.09. The molecule has 10 heavy (non-hydrogen) atoms. The molecule has 0 aromatic heterocycles. The predicted octanol–water partition coefficient (Wildman–Crippen LogP) is -0.601. The SMILES string of the molecule is CC(C)N1CC(N)C(O)C1. The van der Waals surface area contributed by atoms with Crippen LogP contribution in [0.15, 0.2) is 0 Å². The van der Waals surface area contributed by atoms with Crippen molar-refractivity contribution in [2.24, 2.45) is 5.73 Å². The Morgan fingerprint density at radius 3 is 2.30 bits per heavy atom. The molecule has 1 aliphatic rings. The molecule has 1 saturated heterocycles. The highest BCUT2D eigenvalue weighted by Crippen LogP contribution is 2.10. The van der Waals surface area contributed by atoms with Crippen molar-refractivity contribution < 1.29 is 5.11 Å². The second-order valence-corrected chi connectivity index (χ2v) is 3.28. The van der Waals surface area contributed by atoms with Crippen molar-refractivity contribution in [3.05, 3.63) is 0 Å². The van der Waals surface area contributed by atoms with E-state index in [0.29, 0.717) is 6.04 Å². The zero-order chi connectivity index (χ0) is 7.72. The average Bonchev–Trinajstić information content (AvgIpc) is 2.13. The zero-order valence-electron chi connectivity index (χ0n) is 6.62. The van der Waals surface area contributed by atoms with Crippen molar-refractivity contribution in [2.45, 2.75) is 32.0 Å². The van der Waals surface area contributed by atoms with Crippen molar-refractivity contribution in [3.8, 4) is 0 Å². The molecule has 0 aromatic rings. The number of hydrogen-bond donors (Lipinski definition) is 2. The Labute approximate surface area is 61.8 Å². The molecule has 1 fully saturated rings. The summed E-state index contributed by atoms with van der Waals surface area (Å²) in [6, 6.07) is 0.464. The van der Waals surface area contributed by atoms with E-state index in [1.807, 2.05) is 0 Å². The minimum absolute atomic E-state index is 0.0394. The minimum atomic E-state index is -0.317. The van der Waals surface area contributed by atoms with Crippen molar-refractivity contribution >= 4 is 0 Å². The van der Waals surface area contributed by atoms with Crippen LogP contribution in [0.25, 0.3) is 0 Å². The lowest BCUT2D eigenvalue weighted by Crippen LogP contribution is -2.33. The zero-order valence-corrected chi connectivity index (χ0v) is 6.62. The summed E-state index contributed by atoms with van der Waals surface area (Å²) in [7, 11) is 0. The summed E-state index contributed by atoms with van der Waals surface area (Å²) in [6.45, 7) is 5.80. The first-order valence-corrected chi connectivity index (χ1v) is 3.79. The van der Waals surface area contributed by atoms with Crippen molar-refractivity contribution in [1.29, 1.82) is 0 Å². The van der Waals surface area contributed by atoms with E-state index in [0.717, 1.165) is 13.1 Å². The van der Waals surface area contributed by atoms with Crippen LogP contribution >= 0.6 is 0 Å². The maximum Gasteiger partial charge on any atom is 0.0830 e. The maximum atomic E-state index is 9.25. The third kappa shape index (κ3) is 1.48. The molecule has 2 unspecified atom stereocenters. The first kappa shape index (κ1) is 7.98. The quantitative estimate of drug-likeness (QED) is 0.516. The molecular weight excluding hydrogens is 128 g/mol. The van der Waals surface area contributed by atoms with E-state index in [1.54, 1.807) is 0 Å². The van der Waals surface area contributed by atoms with E-state index in [-0.39, 0.29) is 12.1 Å². The van der Waals surface area contributed by atoms with Crippen LogP contribution in [0.4, 0.5) is 0 Å². The molecule has 0 amide bonds. The first-order chi connectivity index (χ1) is 4.61. The van der Waals surface area contributed by atoms with Gasteiger partial charge in [-0.25, -0.2) is 0 Å². The van der Waals surface area contributed by atoms with Crippen LogP contribution in [0.1, 0.15) is 13.8 Å². The van der Waals surface area contributed by atoms with Gasteiger partial charge >= 0.3 is 0 Å². The van der Waals surface area contributed by atoms with Gasteiger partial charge in [-0.05, 0) is 13.8 Å². The van der Waals surface area contributed by atoms with E-state index in [1.165, 1.54) is 0 Å². The molecule has 0 bridgehead atoms. The molecule has 3 N–H and O–H groups in total. The van der Waals surface area contributed by atoms with Crippen molar-refractivity contribution in [3.63, 3.8) is 0 Å². The first-order valence-electron chi connectivity index (χ1n) is 3.79. The molecule has 1 heterocycles. The van der Waals surface area contributed by atoms with Gasteiger partial charge in [-0.15, -0.1) is 0 Å². The monoisotopic (exact) mass is 144 g/mol. The lowest BCUT2D eigenvalue weighted by Gasteiger charge is -2.18. The number of hydrogen-bond acceptors (Lipinski definition) is 3. The Balaban J connectivity index is 2.41. The van der Waals surface area contributed by atoms with Gasteiger partial charge in [0, 0.05) is 25.2 Å². The highest BCUT2D eigenvalue weighted by atomic mass is 16.3. The summed E-state index contributed by atoms with van der Waals surface area (Å²) in [5, 5.41) is 9.25. The van der Waals surface area contributed by atoms with Gasteiger partial charge in [0.1, 0.15) is 0 Å². The van der Waals surface area contributed by atoms with Crippen LogP contribution < -0.4 is 5.73 Å². The van der Waals surface area contributed by atoms with E-state index in [4.69, 9.17) is 5.73 Å². The van der Waals surface area contributed by atoms with Gasteiger partial charge < -0.3 is 10.8 Å². The van der Waals surface area contributed by atoms with E-state index >= 15 is 0 Å². The van der Waals surface area contributed by atoms with Crippen LogP contribution in [0.3, 0.4) is 0 Å². The van der Waals surface area contributed by atoms with Crippen LogP contribution in [0, 0.1) is 0 Å². The Kier molecular flexibility index (Phi) is 2.28. The highest BCUT2D eigenvalue weighted by molar-refractivity contribution is 4.87. The van der Waals surface area contributed by atoms with Gasteiger partial charge in [-0.1, -0.05) is 0 Å². The lowest BCUT2D eigenvalue weighted by atomic mass is 10.2. The van der Waals surface area contributed by atoms with Gasteiger partial charge in [-0.2, -0.15) is 0 Å². The molecule has 0 spiro atoms. The summed E-state index contributed by atoms with van der Waals surface area (Å²) in [5.41, 5.74) is 5.61. The lowest BCUT2D eigenvalue weighted by molar-refractivity contribution is 0.158. The average molecular weight is 144 g/mol. The standard InChI is InChI=1S/C7H16N2O/c1-5(2)9-3-6(8)7(10)4-9/h5-7,10H,3-4,8H2,1-2H3. The fraction of sp³-hybridized carbons (Fsp3) is 1.00. The summed E-state index contributed by atoms with van der Waals surface area (Å²) in [4.78, 5) is 2.19. The number of nitrogens with zero attached hydrogens (tertiary/aromatic N) is 1. The van der Waals surface area contributed by atoms with Crippen molar-refractivity contribution in [1.82, 2.24) is 4.90 Å². The molecule has 3 heteroatoms. The summed E-state index contributed by atoms with van der Waals surface area (Å²) >= 11 is 0. The molecular formula is C7H16N2O. The van der Waals surface area contributed by atoms with Crippen LogP contribution in [0.2, 0.25) is 0 Å². The molecule has 1 rings (SSSR count). The van der Waals surface area contributed by atoms with Gasteiger partial charge in [0.2, 0.25) is 0 Å². The minimum Gasteiger partial charge on any atom is -0.390 e. The fourth-order valence-corrected chi connectivity index (χ4v) is 1.26. The smallest absolute Gasteiger partial charge is 0.0830 e. The second-order valence-electron chi connectivity index (χ2n) is 3.28. The Morgan fingerprint density at radius 1 is 1.50 bits per heavy atom. The molecule has 0 radical (unpaired) electrons. The Morgan fingerprint density at radius 2 is 2.10 bits per heavy atom. The molecule has 0 aliphatic carbocycles. The number of aliphatic hydroxyl groups is 1. The summed E-state index contributed by atoms with van der Waals surface area (Å²) < 4.78 is 0. The molecule has 60 valence electrons. The molecule has 0 saturated carbocycles. The van der Waals surface area contributed by atoms with E-state index < -0.39 is 0 Å². The highest BCUT2D eigenvalue weighted by Gasteiger charge is 2.29. The van der Waals surface area contributed by atoms with Gasteiger partial charge in [0.05, 0.1) is 6.10 Å². The van der Waals surface area contributed by atoms with Crippen LogP contribution in [0.5, 0.6) is 0 Å². The van der Waals surface area contributed by atoms with Crippen LogP contribution in [-0.2, 0) is 0 Å². The van der Waals surface area contributed by atoms with Gasteiger partial charge in [-0.3, -0.25) is 4.90 Å². The van der Waals surface area contributed by atoms with Gasteiger partial charge in [0.15, 0.2) is 0 Å². The summed E-state index contributed by atoms with van der Waals surface area (Å²) in [5.74, 6) is 0. The number of rotatable bonds is 1. The third-order valence-corrected chi connectivity index (χ3v) is 2.09. The fourth-order valence-electron chi connectivity index (χ4n) is 1.26. The molecule has 1 aliphatic heterocycles. The largest absolute Gasteiger partial charge is 0.390 e. The molecule has 0 aromatic carbocycles. The topological polar surface area (TPSA) is 49.5 Å². The molecule has 2 atom stereocenters. The normalized spacial score (nSPS) is 35.7. The number of likely N-dealkylation sites (tertiary alicyclic amines) is 1. The van der Waals surface area contributed by atoms with E-state index in [2.05, 4.69) is 18.7 Å². The number of aliphatic hydroxyl groups excluding tert-OH is 1.